The first-order chi connectivity index (χ1) is 12.7. The summed E-state index contributed by atoms with van der Waals surface area (Å²) in [5.74, 6) is 0.184. The van der Waals surface area contributed by atoms with Crippen LogP contribution in [0.25, 0.3) is 21.5 Å². The fourth-order valence-electron chi connectivity index (χ4n) is 2.36. The van der Waals surface area contributed by atoms with Crippen LogP contribution in [0.15, 0.2) is 52.4 Å². The Kier molecular flexibility index (Phi) is 4.96. The second-order valence-electron chi connectivity index (χ2n) is 5.56. The van der Waals surface area contributed by atoms with Crippen molar-refractivity contribution in [1.29, 1.82) is 0 Å². The van der Waals surface area contributed by atoms with Gasteiger partial charge in [-0.2, -0.15) is 0 Å². The van der Waals surface area contributed by atoms with Gasteiger partial charge in [0.1, 0.15) is 16.2 Å². The van der Waals surface area contributed by atoms with Gasteiger partial charge in [0, 0.05) is 16.3 Å². The molecule has 0 bridgehead atoms. The van der Waals surface area contributed by atoms with E-state index in [1.807, 2.05) is 29.0 Å². The maximum atomic E-state index is 12.2. The number of nitrogens with zero attached hydrogens (tertiary/aromatic N) is 3. The molecule has 1 aromatic carbocycles. The van der Waals surface area contributed by atoms with Crippen molar-refractivity contribution in [1.82, 2.24) is 15.0 Å². The predicted octanol–water partition coefficient (Wildman–Crippen LogP) is 4.85. The first-order valence-corrected chi connectivity index (χ1v) is 10.6. The van der Waals surface area contributed by atoms with Crippen molar-refractivity contribution in [3.8, 4) is 11.3 Å². The molecule has 8 heteroatoms. The number of amides is 1. The smallest absolute Gasteiger partial charge is 0.236 e. The van der Waals surface area contributed by atoms with Crippen molar-refractivity contribution < 1.29 is 4.79 Å². The number of carbonyl (C=O) groups is 1. The highest BCUT2D eigenvalue weighted by atomic mass is 32.2. The molecule has 26 heavy (non-hydrogen) atoms. The number of nitrogens with one attached hydrogen (secondary N) is 1. The average Bonchev–Trinajstić information content (AvgIpc) is 3.30. The number of hydrogen-bond donors (Lipinski definition) is 1. The molecule has 0 fully saturated rings. The molecule has 1 amide bonds. The van der Waals surface area contributed by atoms with Gasteiger partial charge in [0.05, 0.1) is 11.4 Å². The van der Waals surface area contributed by atoms with Gasteiger partial charge in [-0.3, -0.25) is 4.79 Å². The molecule has 0 aliphatic heterocycles. The number of rotatable bonds is 5. The fourth-order valence-corrected chi connectivity index (χ4v) is 4.67. The monoisotopic (exact) mass is 398 g/mol. The van der Waals surface area contributed by atoms with Crippen LogP contribution in [0, 0.1) is 6.92 Å². The number of anilines is 1. The van der Waals surface area contributed by atoms with Gasteiger partial charge >= 0.3 is 0 Å². The molecule has 4 rings (SSSR count). The first-order valence-electron chi connectivity index (χ1n) is 7.82. The normalized spacial score (nSPS) is 11.0. The van der Waals surface area contributed by atoms with Gasteiger partial charge in [0.15, 0.2) is 5.13 Å². The first kappa shape index (κ1) is 17.1. The molecule has 130 valence electrons. The molecule has 5 nitrogen and oxygen atoms in total. The number of fused-ring (bicyclic) bond motifs is 1. The molecule has 0 spiro atoms. The number of thiazole rings is 1. The minimum Gasteiger partial charge on any atom is -0.301 e. The second kappa shape index (κ2) is 7.53. The van der Waals surface area contributed by atoms with Crippen LogP contribution < -0.4 is 5.32 Å². The van der Waals surface area contributed by atoms with Crippen molar-refractivity contribution in [2.45, 2.75) is 11.9 Å². The van der Waals surface area contributed by atoms with E-state index < -0.39 is 0 Å². The van der Waals surface area contributed by atoms with E-state index in [0.717, 1.165) is 26.5 Å². The van der Waals surface area contributed by atoms with Gasteiger partial charge in [-0.25, -0.2) is 15.0 Å². The number of benzene rings is 1. The Bertz CT molecular complexity index is 1060. The van der Waals surface area contributed by atoms with Crippen LogP contribution in [0.1, 0.15) is 5.56 Å². The maximum absolute atomic E-state index is 12.2. The fraction of sp³-hybridized carbons (Fsp3) is 0.111. The number of aryl methyl sites for hydroxylation is 1. The molecular formula is C18H14N4OS3. The lowest BCUT2D eigenvalue weighted by atomic mass is 10.1. The highest BCUT2D eigenvalue weighted by Crippen LogP contribution is 2.28. The molecule has 0 aliphatic carbocycles. The van der Waals surface area contributed by atoms with E-state index in [9.17, 15) is 4.79 Å². The summed E-state index contributed by atoms with van der Waals surface area (Å²) >= 11 is 4.40. The Balaban J connectivity index is 1.39. The minimum absolute atomic E-state index is 0.0956. The van der Waals surface area contributed by atoms with Gasteiger partial charge in [-0.15, -0.1) is 22.7 Å². The second-order valence-corrected chi connectivity index (χ2v) is 8.28. The number of carbonyl (C=O) groups excluding carboxylic acids is 1. The SMILES string of the molecule is Cc1ccc(-c2csc(NC(=O)CSc3ncnc4sccc34)n2)cc1. The lowest BCUT2D eigenvalue weighted by Crippen LogP contribution is -2.13. The topological polar surface area (TPSA) is 67.8 Å². The molecule has 0 aliphatic rings. The number of thioether (sulfide) groups is 1. The van der Waals surface area contributed by atoms with E-state index in [4.69, 9.17) is 0 Å². The highest BCUT2D eigenvalue weighted by Gasteiger charge is 2.11. The maximum Gasteiger partial charge on any atom is 0.236 e. The molecule has 3 aromatic heterocycles. The molecule has 0 atom stereocenters. The summed E-state index contributed by atoms with van der Waals surface area (Å²) in [7, 11) is 0. The van der Waals surface area contributed by atoms with Crippen molar-refractivity contribution in [3.63, 3.8) is 0 Å². The third-order valence-corrected chi connectivity index (χ3v) is 6.25. The van der Waals surface area contributed by atoms with Crippen LogP contribution in [0.3, 0.4) is 0 Å². The Morgan fingerprint density at radius 3 is 2.85 bits per heavy atom. The van der Waals surface area contributed by atoms with E-state index in [1.54, 1.807) is 11.3 Å². The third-order valence-electron chi connectivity index (χ3n) is 3.66. The van der Waals surface area contributed by atoms with Crippen LogP contribution in [0.5, 0.6) is 0 Å². The van der Waals surface area contributed by atoms with Crippen molar-refractivity contribution in [3.05, 3.63) is 53.0 Å². The molecule has 1 N–H and O–H groups in total. The lowest BCUT2D eigenvalue weighted by molar-refractivity contribution is -0.113. The lowest BCUT2D eigenvalue weighted by Gasteiger charge is -2.02. The summed E-state index contributed by atoms with van der Waals surface area (Å²) in [6.07, 6.45) is 1.54. The summed E-state index contributed by atoms with van der Waals surface area (Å²) in [5, 5.41) is 9.21. The Morgan fingerprint density at radius 2 is 2.00 bits per heavy atom. The summed E-state index contributed by atoms with van der Waals surface area (Å²) in [6.45, 7) is 2.05. The Labute approximate surface area is 162 Å². The molecule has 3 heterocycles. The van der Waals surface area contributed by atoms with Crippen LogP contribution in [-0.2, 0) is 4.79 Å². The summed E-state index contributed by atoms with van der Waals surface area (Å²) in [5.41, 5.74) is 3.12. The molecular weight excluding hydrogens is 384 g/mol. The quantitative estimate of drug-likeness (QED) is 0.384. The number of aromatic nitrogens is 3. The van der Waals surface area contributed by atoms with E-state index in [1.165, 1.54) is 35.0 Å². The van der Waals surface area contributed by atoms with E-state index in [0.29, 0.717) is 5.13 Å². The molecule has 0 radical (unpaired) electrons. The molecule has 0 saturated carbocycles. The van der Waals surface area contributed by atoms with Gasteiger partial charge in [-0.05, 0) is 18.4 Å². The van der Waals surface area contributed by atoms with Crippen molar-refractivity contribution >= 4 is 55.7 Å². The molecule has 0 saturated heterocycles. The van der Waals surface area contributed by atoms with Gasteiger partial charge < -0.3 is 5.32 Å². The summed E-state index contributed by atoms with van der Waals surface area (Å²) in [4.78, 5) is 26.2. The van der Waals surface area contributed by atoms with E-state index >= 15 is 0 Å². The summed E-state index contributed by atoms with van der Waals surface area (Å²) < 4.78 is 0. The zero-order chi connectivity index (χ0) is 17.9. The highest BCUT2D eigenvalue weighted by molar-refractivity contribution is 8.00. The Morgan fingerprint density at radius 1 is 1.15 bits per heavy atom. The third kappa shape index (κ3) is 3.77. The zero-order valence-corrected chi connectivity index (χ0v) is 16.3. The summed E-state index contributed by atoms with van der Waals surface area (Å²) in [6, 6.07) is 10.2. The van der Waals surface area contributed by atoms with E-state index in [-0.39, 0.29) is 11.7 Å². The van der Waals surface area contributed by atoms with Crippen molar-refractivity contribution in [2.24, 2.45) is 0 Å². The van der Waals surface area contributed by atoms with Crippen LogP contribution in [0.4, 0.5) is 5.13 Å². The molecule has 0 unspecified atom stereocenters. The number of hydrogen-bond acceptors (Lipinski definition) is 7. The van der Waals surface area contributed by atoms with Gasteiger partial charge in [-0.1, -0.05) is 41.6 Å². The minimum atomic E-state index is -0.0956. The Hall–Kier alpha value is -2.29. The van der Waals surface area contributed by atoms with Crippen molar-refractivity contribution in [2.75, 3.05) is 11.1 Å². The van der Waals surface area contributed by atoms with Crippen LogP contribution >= 0.6 is 34.4 Å². The standard InChI is InChI=1S/C18H14N4OS3/c1-11-2-4-12(5-3-11)14-8-26-18(21-14)22-15(23)9-25-17-13-6-7-24-16(13)19-10-20-17/h2-8,10H,9H2,1H3,(H,21,22,23). The van der Waals surface area contributed by atoms with E-state index in [2.05, 4.69) is 39.3 Å². The largest absolute Gasteiger partial charge is 0.301 e. The van der Waals surface area contributed by atoms with Gasteiger partial charge in [0.2, 0.25) is 5.91 Å². The zero-order valence-electron chi connectivity index (χ0n) is 13.8. The predicted molar refractivity (Wildman–Crippen MR) is 109 cm³/mol. The van der Waals surface area contributed by atoms with Gasteiger partial charge in [0.25, 0.3) is 0 Å². The molecule has 4 aromatic rings. The van der Waals surface area contributed by atoms with Crippen LogP contribution in [0.2, 0.25) is 0 Å². The number of thiophene rings is 1. The van der Waals surface area contributed by atoms with Crippen LogP contribution in [-0.4, -0.2) is 26.6 Å². The average molecular weight is 399 g/mol.